The Hall–Kier alpha value is -2.05. The predicted octanol–water partition coefficient (Wildman–Crippen LogP) is 3.72. The van der Waals surface area contributed by atoms with Crippen LogP contribution in [0.4, 0.5) is 14.5 Å². The van der Waals surface area contributed by atoms with E-state index in [2.05, 4.69) is 10.3 Å². The molecule has 1 heterocycles. The number of hydrogen-bond donors (Lipinski definition) is 2. The van der Waals surface area contributed by atoms with E-state index < -0.39 is 17.7 Å². The Bertz CT molecular complexity index is 775. The van der Waals surface area contributed by atoms with Crippen LogP contribution in [0.2, 0.25) is 0 Å². The molecule has 108 valence electrons. The lowest BCUT2D eigenvalue weighted by Gasteiger charge is -2.14. The van der Waals surface area contributed by atoms with Crippen molar-refractivity contribution in [2.45, 2.75) is 6.10 Å². The van der Waals surface area contributed by atoms with Crippen molar-refractivity contribution in [1.82, 2.24) is 4.98 Å². The molecule has 0 bridgehead atoms. The van der Waals surface area contributed by atoms with E-state index in [0.29, 0.717) is 0 Å². The van der Waals surface area contributed by atoms with Crippen LogP contribution in [0.3, 0.4) is 0 Å². The number of nitrogens with zero attached hydrogens (tertiary/aromatic N) is 1. The van der Waals surface area contributed by atoms with Crippen molar-refractivity contribution in [3.05, 3.63) is 59.1 Å². The topological polar surface area (TPSA) is 45.1 Å². The fraction of sp³-hybridized carbons (Fsp3) is 0.133. The first-order valence-corrected chi connectivity index (χ1v) is 7.21. The third-order valence-electron chi connectivity index (χ3n) is 3.15. The number of aliphatic hydroxyl groups is 1. The number of thiazole rings is 1. The minimum absolute atomic E-state index is 0.0720. The molecular formula is C15H12F2N2OS. The summed E-state index contributed by atoms with van der Waals surface area (Å²) in [4.78, 5) is 4.18. The average molecular weight is 306 g/mol. The molecule has 1 aromatic heterocycles. The molecule has 3 nitrogen and oxygen atoms in total. The second kappa shape index (κ2) is 5.75. The quantitative estimate of drug-likeness (QED) is 0.772. The van der Waals surface area contributed by atoms with Crippen LogP contribution in [0.5, 0.6) is 0 Å². The van der Waals surface area contributed by atoms with E-state index >= 15 is 0 Å². The lowest BCUT2D eigenvalue weighted by molar-refractivity contribution is 0.186. The molecule has 0 fully saturated rings. The van der Waals surface area contributed by atoms with Gasteiger partial charge in [0, 0.05) is 23.9 Å². The summed E-state index contributed by atoms with van der Waals surface area (Å²) in [6, 6.07) is 8.78. The van der Waals surface area contributed by atoms with E-state index in [1.54, 1.807) is 5.51 Å². The van der Waals surface area contributed by atoms with Crippen LogP contribution in [-0.4, -0.2) is 16.6 Å². The Morgan fingerprint density at radius 3 is 2.86 bits per heavy atom. The first-order valence-electron chi connectivity index (χ1n) is 6.33. The molecule has 6 heteroatoms. The van der Waals surface area contributed by atoms with Crippen LogP contribution in [0, 0.1) is 11.6 Å². The minimum atomic E-state index is -1.05. The number of nitrogens with one attached hydrogen (secondary N) is 1. The van der Waals surface area contributed by atoms with Crippen LogP contribution in [0.15, 0.2) is 41.9 Å². The van der Waals surface area contributed by atoms with E-state index in [0.717, 1.165) is 28.0 Å². The van der Waals surface area contributed by atoms with Crippen molar-refractivity contribution >= 4 is 27.2 Å². The summed E-state index contributed by atoms with van der Waals surface area (Å²) in [6.45, 7) is 0.132. The van der Waals surface area contributed by atoms with Crippen molar-refractivity contribution < 1.29 is 13.9 Å². The zero-order chi connectivity index (χ0) is 14.8. The van der Waals surface area contributed by atoms with Crippen LogP contribution in [0.25, 0.3) is 10.2 Å². The van der Waals surface area contributed by atoms with Gasteiger partial charge in [0.05, 0.1) is 21.8 Å². The Labute approximate surface area is 123 Å². The van der Waals surface area contributed by atoms with Gasteiger partial charge in [-0.25, -0.2) is 13.8 Å². The first kappa shape index (κ1) is 13.9. The average Bonchev–Trinajstić information content (AvgIpc) is 2.92. The van der Waals surface area contributed by atoms with Crippen LogP contribution < -0.4 is 5.32 Å². The Morgan fingerprint density at radius 2 is 2.05 bits per heavy atom. The molecule has 2 aromatic carbocycles. The van der Waals surface area contributed by atoms with Gasteiger partial charge in [-0.05, 0) is 24.3 Å². The molecule has 0 aliphatic heterocycles. The number of benzene rings is 2. The number of aromatic nitrogens is 1. The van der Waals surface area contributed by atoms with E-state index in [1.807, 2.05) is 18.2 Å². The molecule has 0 spiro atoms. The van der Waals surface area contributed by atoms with Gasteiger partial charge in [0.2, 0.25) is 0 Å². The molecule has 1 atom stereocenters. The molecule has 0 aliphatic rings. The zero-order valence-electron chi connectivity index (χ0n) is 10.9. The van der Waals surface area contributed by atoms with Crippen molar-refractivity contribution in [2.24, 2.45) is 0 Å². The molecule has 2 N–H and O–H groups in total. The van der Waals surface area contributed by atoms with Crippen LogP contribution in [0.1, 0.15) is 11.7 Å². The monoisotopic (exact) mass is 306 g/mol. The maximum atomic E-state index is 13.6. The Morgan fingerprint density at radius 1 is 1.19 bits per heavy atom. The largest absolute Gasteiger partial charge is 0.386 e. The summed E-state index contributed by atoms with van der Waals surface area (Å²) in [5.74, 6) is -1.41. The summed E-state index contributed by atoms with van der Waals surface area (Å²) in [7, 11) is 0. The van der Waals surface area contributed by atoms with Gasteiger partial charge in [-0.1, -0.05) is 6.07 Å². The van der Waals surface area contributed by atoms with Crippen molar-refractivity contribution in [3.63, 3.8) is 0 Å². The molecule has 21 heavy (non-hydrogen) atoms. The highest BCUT2D eigenvalue weighted by Gasteiger charge is 2.13. The van der Waals surface area contributed by atoms with Gasteiger partial charge < -0.3 is 10.4 Å². The highest BCUT2D eigenvalue weighted by atomic mass is 32.1. The Kier molecular flexibility index (Phi) is 3.81. The van der Waals surface area contributed by atoms with Crippen molar-refractivity contribution in [2.75, 3.05) is 11.9 Å². The molecule has 1 unspecified atom stereocenters. The summed E-state index contributed by atoms with van der Waals surface area (Å²) >= 11 is 1.52. The highest BCUT2D eigenvalue weighted by molar-refractivity contribution is 7.16. The van der Waals surface area contributed by atoms with E-state index in [4.69, 9.17) is 0 Å². The number of fused-ring (bicyclic) bond motifs is 1. The second-order valence-electron chi connectivity index (χ2n) is 4.60. The third-order valence-corrected chi connectivity index (χ3v) is 3.94. The SMILES string of the molecule is OC(CNc1ccc2ncsc2c1)c1ccc(F)cc1F. The fourth-order valence-electron chi connectivity index (χ4n) is 2.06. The lowest BCUT2D eigenvalue weighted by atomic mass is 10.1. The van der Waals surface area contributed by atoms with Gasteiger partial charge in [0.1, 0.15) is 11.6 Å². The van der Waals surface area contributed by atoms with Crippen LogP contribution in [-0.2, 0) is 0 Å². The fourth-order valence-corrected chi connectivity index (χ4v) is 2.78. The minimum Gasteiger partial charge on any atom is -0.386 e. The maximum Gasteiger partial charge on any atom is 0.131 e. The predicted molar refractivity (Wildman–Crippen MR) is 79.4 cm³/mol. The van der Waals surface area contributed by atoms with Crippen LogP contribution >= 0.6 is 11.3 Å². The van der Waals surface area contributed by atoms with Gasteiger partial charge in [0.15, 0.2) is 0 Å². The van der Waals surface area contributed by atoms with Gasteiger partial charge in [-0.2, -0.15) is 0 Å². The summed E-state index contributed by atoms with van der Waals surface area (Å²) in [6.07, 6.45) is -1.05. The summed E-state index contributed by atoms with van der Waals surface area (Å²) < 4.78 is 27.4. The van der Waals surface area contributed by atoms with Crippen molar-refractivity contribution in [1.29, 1.82) is 0 Å². The molecule has 0 radical (unpaired) electrons. The standard InChI is InChI=1S/C15H12F2N2OS/c16-9-1-3-11(12(17)5-9)14(20)7-18-10-2-4-13-15(6-10)21-8-19-13/h1-6,8,14,18,20H,7H2. The summed E-state index contributed by atoms with van der Waals surface area (Å²) in [5, 5.41) is 13.0. The van der Waals surface area contributed by atoms with Gasteiger partial charge in [-0.15, -0.1) is 11.3 Å². The number of anilines is 1. The smallest absolute Gasteiger partial charge is 0.131 e. The molecule has 0 aliphatic carbocycles. The molecule has 0 saturated heterocycles. The molecule has 3 rings (SSSR count). The third kappa shape index (κ3) is 3.01. The lowest BCUT2D eigenvalue weighted by Crippen LogP contribution is -2.13. The zero-order valence-corrected chi connectivity index (χ0v) is 11.7. The molecule has 0 amide bonds. The maximum absolute atomic E-state index is 13.6. The van der Waals surface area contributed by atoms with E-state index in [-0.39, 0.29) is 12.1 Å². The highest BCUT2D eigenvalue weighted by Crippen LogP contribution is 2.23. The normalized spacial score (nSPS) is 12.5. The number of aliphatic hydroxyl groups excluding tert-OH is 1. The molecule has 3 aromatic rings. The molecule has 0 saturated carbocycles. The molecular weight excluding hydrogens is 294 g/mol. The number of halogens is 2. The summed E-state index contributed by atoms with van der Waals surface area (Å²) in [5.41, 5.74) is 3.56. The van der Waals surface area contributed by atoms with Gasteiger partial charge in [0.25, 0.3) is 0 Å². The Balaban J connectivity index is 1.71. The first-order chi connectivity index (χ1) is 10.1. The van der Waals surface area contributed by atoms with Crippen molar-refractivity contribution in [3.8, 4) is 0 Å². The van der Waals surface area contributed by atoms with E-state index in [9.17, 15) is 13.9 Å². The second-order valence-corrected chi connectivity index (χ2v) is 5.48. The van der Waals surface area contributed by atoms with Gasteiger partial charge in [-0.3, -0.25) is 0 Å². The van der Waals surface area contributed by atoms with E-state index in [1.165, 1.54) is 17.4 Å². The number of hydrogen-bond acceptors (Lipinski definition) is 4. The number of rotatable bonds is 4. The van der Waals surface area contributed by atoms with Gasteiger partial charge >= 0.3 is 0 Å².